The smallest absolute Gasteiger partial charge is 0.260 e. The molecule has 0 bridgehead atoms. The fourth-order valence-corrected chi connectivity index (χ4v) is 3.77. The topological polar surface area (TPSA) is 75.3 Å². The molecule has 1 atom stereocenters. The molecule has 1 aromatic carbocycles. The number of hydrogen-bond donors (Lipinski definition) is 1. The number of morpholine rings is 1. The molecule has 1 aliphatic heterocycles. The molecule has 21 heavy (non-hydrogen) atoms. The van der Waals surface area contributed by atoms with Crippen molar-refractivity contribution in [3.05, 3.63) is 47.9 Å². The minimum atomic E-state index is -3.55. The van der Waals surface area contributed by atoms with E-state index in [-0.39, 0.29) is 11.1 Å². The normalized spacial score (nSPS) is 20.5. The Hall–Kier alpha value is -1.70. The van der Waals surface area contributed by atoms with Crippen LogP contribution in [-0.4, -0.2) is 42.4 Å². The first-order chi connectivity index (χ1) is 10.1. The van der Waals surface area contributed by atoms with Crippen molar-refractivity contribution in [1.29, 1.82) is 0 Å². The van der Waals surface area contributed by atoms with E-state index in [0.717, 1.165) is 5.56 Å². The Kier molecular flexibility index (Phi) is 3.79. The van der Waals surface area contributed by atoms with Crippen LogP contribution in [0.3, 0.4) is 0 Å². The highest BCUT2D eigenvalue weighted by molar-refractivity contribution is 7.89. The van der Waals surface area contributed by atoms with Gasteiger partial charge in [-0.2, -0.15) is 4.31 Å². The first kappa shape index (κ1) is 14.2. The molecule has 0 amide bonds. The van der Waals surface area contributed by atoms with Crippen LogP contribution < -0.4 is 0 Å². The fraction of sp³-hybridized carbons (Fsp3) is 0.357. The minimum absolute atomic E-state index is 0.133. The molecule has 1 aromatic heterocycles. The Morgan fingerprint density at radius 1 is 1.33 bits per heavy atom. The summed E-state index contributed by atoms with van der Waals surface area (Å²) in [4.78, 5) is 6.75. The standard InChI is InChI=1S/C14H17N3O3S/c1-11-15-9-14(16-11)21(18,19)17-7-8-20-13(10-17)12-5-3-2-4-6-12/h2-6,9,13H,7-8,10H2,1H3,(H,15,16). The zero-order valence-corrected chi connectivity index (χ0v) is 12.5. The van der Waals surface area contributed by atoms with Gasteiger partial charge in [-0.1, -0.05) is 30.3 Å². The van der Waals surface area contributed by atoms with Gasteiger partial charge in [-0.3, -0.25) is 0 Å². The molecule has 112 valence electrons. The number of rotatable bonds is 3. The van der Waals surface area contributed by atoms with E-state index in [9.17, 15) is 8.42 Å². The average molecular weight is 307 g/mol. The van der Waals surface area contributed by atoms with Crippen molar-refractivity contribution in [1.82, 2.24) is 14.3 Å². The van der Waals surface area contributed by atoms with Crippen LogP contribution in [0.15, 0.2) is 41.6 Å². The second-order valence-electron chi connectivity index (χ2n) is 4.97. The fourth-order valence-electron chi connectivity index (χ4n) is 2.38. The van der Waals surface area contributed by atoms with E-state index >= 15 is 0 Å². The van der Waals surface area contributed by atoms with Gasteiger partial charge in [0, 0.05) is 13.1 Å². The maximum Gasteiger partial charge on any atom is 0.260 e. The first-order valence-electron chi connectivity index (χ1n) is 6.75. The van der Waals surface area contributed by atoms with Crippen LogP contribution in [0.2, 0.25) is 0 Å². The maximum atomic E-state index is 12.6. The molecule has 2 aromatic rings. The quantitative estimate of drug-likeness (QED) is 0.932. The Morgan fingerprint density at radius 3 is 2.76 bits per heavy atom. The van der Waals surface area contributed by atoms with E-state index in [1.165, 1.54) is 10.5 Å². The molecule has 2 heterocycles. The second-order valence-corrected chi connectivity index (χ2v) is 6.87. The van der Waals surface area contributed by atoms with Crippen molar-refractivity contribution < 1.29 is 13.2 Å². The van der Waals surface area contributed by atoms with Crippen LogP contribution in [0.5, 0.6) is 0 Å². The van der Waals surface area contributed by atoms with Crippen LogP contribution >= 0.6 is 0 Å². The van der Waals surface area contributed by atoms with Gasteiger partial charge in [-0.05, 0) is 12.5 Å². The number of nitrogens with one attached hydrogen (secondary N) is 1. The van der Waals surface area contributed by atoms with Gasteiger partial charge in [0.2, 0.25) is 0 Å². The molecule has 1 aliphatic rings. The highest BCUT2D eigenvalue weighted by Crippen LogP contribution is 2.25. The van der Waals surface area contributed by atoms with Crippen LogP contribution in [-0.2, 0) is 14.8 Å². The van der Waals surface area contributed by atoms with Crippen LogP contribution in [0.1, 0.15) is 17.5 Å². The number of hydrogen-bond acceptors (Lipinski definition) is 4. The van der Waals surface area contributed by atoms with Gasteiger partial charge < -0.3 is 9.72 Å². The molecule has 1 N–H and O–H groups in total. The molecule has 0 saturated carbocycles. The summed E-state index contributed by atoms with van der Waals surface area (Å²) in [6.45, 7) is 2.77. The van der Waals surface area contributed by atoms with Crippen LogP contribution in [0.25, 0.3) is 0 Å². The lowest BCUT2D eigenvalue weighted by molar-refractivity contribution is -0.00261. The zero-order chi connectivity index (χ0) is 14.9. The Bertz CT molecular complexity index is 712. The molecular formula is C14H17N3O3S. The van der Waals surface area contributed by atoms with Gasteiger partial charge in [-0.25, -0.2) is 13.4 Å². The van der Waals surface area contributed by atoms with Gasteiger partial charge in [-0.15, -0.1) is 0 Å². The predicted octanol–water partition coefficient (Wildman–Crippen LogP) is 1.48. The number of aryl methyl sites for hydroxylation is 1. The summed E-state index contributed by atoms with van der Waals surface area (Å²) in [5.74, 6) is 0.585. The summed E-state index contributed by atoms with van der Waals surface area (Å²) < 4.78 is 32.3. The molecular weight excluding hydrogens is 290 g/mol. The van der Waals surface area contributed by atoms with E-state index in [2.05, 4.69) is 9.97 Å². The van der Waals surface area contributed by atoms with Crippen LogP contribution in [0, 0.1) is 6.92 Å². The summed E-state index contributed by atoms with van der Waals surface area (Å²) in [7, 11) is -3.55. The first-order valence-corrected chi connectivity index (χ1v) is 8.20. The number of aromatic nitrogens is 2. The summed E-state index contributed by atoms with van der Waals surface area (Å²) in [5, 5.41) is 0.133. The summed E-state index contributed by atoms with van der Waals surface area (Å²) in [6, 6.07) is 9.66. The lowest BCUT2D eigenvalue weighted by Gasteiger charge is -2.31. The number of sulfonamides is 1. The predicted molar refractivity (Wildman–Crippen MR) is 77.2 cm³/mol. The Balaban J connectivity index is 1.83. The van der Waals surface area contributed by atoms with E-state index < -0.39 is 10.0 Å². The van der Waals surface area contributed by atoms with Gasteiger partial charge in [0.25, 0.3) is 10.0 Å². The minimum Gasteiger partial charge on any atom is -0.371 e. The van der Waals surface area contributed by atoms with Crippen molar-refractivity contribution in [3.8, 4) is 0 Å². The van der Waals surface area contributed by atoms with Gasteiger partial charge in [0.15, 0.2) is 5.03 Å². The highest BCUT2D eigenvalue weighted by Gasteiger charge is 2.32. The van der Waals surface area contributed by atoms with Gasteiger partial charge in [0.1, 0.15) is 5.82 Å². The third kappa shape index (κ3) is 2.85. The number of aromatic amines is 1. The SMILES string of the molecule is Cc1ncc(S(=O)(=O)N2CCOC(c3ccccc3)C2)[nH]1. The third-order valence-corrected chi connectivity index (χ3v) is 5.27. The number of nitrogens with zero attached hydrogens (tertiary/aromatic N) is 2. The summed E-state index contributed by atoms with van der Waals surface area (Å²) in [6.07, 6.45) is 1.12. The molecule has 0 radical (unpaired) electrons. The number of benzene rings is 1. The molecule has 1 unspecified atom stereocenters. The van der Waals surface area contributed by atoms with Gasteiger partial charge >= 0.3 is 0 Å². The lowest BCUT2D eigenvalue weighted by atomic mass is 10.1. The molecule has 0 aliphatic carbocycles. The Labute approximate surface area is 123 Å². The van der Waals surface area contributed by atoms with Crippen LogP contribution in [0.4, 0.5) is 0 Å². The van der Waals surface area contributed by atoms with Crippen molar-refractivity contribution in [3.63, 3.8) is 0 Å². The number of H-pyrrole nitrogens is 1. The van der Waals surface area contributed by atoms with Crippen molar-refractivity contribution in [2.24, 2.45) is 0 Å². The molecule has 1 fully saturated rings. The van der Waals surface area contributed by atoms with Crippen molar-refractivity contribution in [2.45, 2.75) is 18.1 Å². The van der Waals surface area contributed by atoms with Crippen molar-refractivity contribution in [2.75, 3.05) is 19.7 Å². The molecule has 6 nitrogen and oxygen atoms in total. The molecule has 7 heteroatoms. The number of ether oxygens (including phenoxy) is 1. The molecule has 1 saturated heterocycles. The molecule has 3 rings (SSSR count). The molecule has 0 spiro atoms. The monoisotopic (exact) mass is 307 g/mol. The van der Waals surface area contributed by atoms with E-state index in [1.54, 1.807) is 6.92 Å². The summed E-state index contributed by atoms with van der Waals surface area (Å²) >= 11 is 0. The third-order valence-electron chi connectivity index (χ3n) is 3.50. The zero-order valence-electron chi connectivity index (χ0n) is 11.7. The Morgan fingerprint density at radius 2 is 2.10 bits per heavy atom. The van der Waals surface area contributed by atoms with E-state index in [4.69, 9.17) is 4.74 Å². The van der Waals surface area contributed by atoms with E-state index in [0.29, 0.717) is 25.5 Å². The van der Waals surface area contributed by atoms with Crippen molar-refractivity contribution >= 4 is 10.0 Å². The summed E-state index contributed by atoms with van der Waals surface area (Å²) in [5.41, 5.74) is 0.984. The largest absolute Gasteiger partial charge is 0.371 e. The maximum absolute atomic E-state index is 12.6. The van der Waals surface area contributed by atoms with Gasteiger partial charge in [0.05, 0.1) is 18.9 Å². The average Bonchev–Trinajstić information content (AvgIpc) is 2.96. The second kappa shape index (κ2) is 5.59. The highest BCUT2D eigenvalue weighted by atomic mass is 32.2. The van der Waals surface area contributed by atoms with E-state index in [1.807, 2.05) is 30.3 Å². The number of imidazole rings is 1. The lowest BCUT2D eigenvalue weighted by Crippen LogP contribution is -2.42.